The van der Waals surface area contributed by atoms with Gasteiger partial charge in [-0.05, 0) is 50.6 Å². The highest BCUT2D eigenvalue weighted by Gasteiger charge is 2.19. The zero-order chi connectivity index (χ0) is 14.2. The van der Waals surface area contributed by atoms with Crippen molar-refractivity contribution in [3.8, 4) is 0 Å². The minimum absolute atomic E-state index is 0.208. The molecule has 0 bridgehead atoms. The van der Waals surface area contributed by atoms with E-state index < -0.39 is 0 Å². The van der Waals surface area contributed by atoms with E-state index in [1.54, 1.807) is 0 Å². The van der Waals surface area contributed by atoms with Gasteiger partial charge < -0.3 is 15.3 Å². The number of aliphatic hydroxyl groups excluding tert-OH is 1. The van der Waals surface area contributed by atoms with Gasteiger partial charge in [0.25, 0.3) is 0 Å². The Bertz CT molecular complexity index is 282. The monoisotopic (exact) mass is 282 g/mol. The SMILES string of the molecule is O=C(CCN1CCC(CO)CC1)NCC1CCCCC1. The van der Waals surface area contributed by atoms with E-state index in [-0.39, 0.29) is 5.91 Å². The fourth-order valence-corrected chi connectivity index (χ4v) is 3.39. The zero-order valence-electron chi connectivity index (χ0n) is 12.6. The fourth-order valence-electron chi connectivity index (χ4n) is 3.39. The van der Waals surface area contributed by atoms with E-state index >= 15 is 0 Å². The van der Waals surface area contributed by atoms with Gasteiger partial charge >= 0.3 is 0 Å². The number of hydrogen-bond acceptors (Lipinski definition) is 3. The summed E-state index contributed by atoms with van der Waals surface area (Å²) in [7, 11) is 0. The third-order valence-electron chi connectivity index (χ3n) is 4.93. The first-order valence-electron chi connectivity index (χ1n) is 8.38. The van der Waals surface area contributed by atoms with Crippen LogP contribution in [0.3, 0.4) is 0 Å². The maximum atomic E-state index is 11.9. The Morgan fingerprint density at radius 3 is 2.40 bits per heavy atom. The van der Waals surface area contributed by atoms with Crippen molar-refractivity contribution in [3.63, 3.8) is 0 Å². The summed E-state index contributed by atoms with van der Waals surface area (Å²) in [6.07, 6.45) is 9.37. The summed E-state index contributed by atoms with van der Waals surface area (Å²) < 4.78 is 0. The summed E-state index contributed by atoms with van der Waals surface area (Å²) >= 11 is 0. The maximum Gasteiger partial charge on any atom is 0.221 e. The van der Waals surface area contributed by atoms with Crippen LogP contribution in [0, 0.1) is 11.8 Å². The normalized spacial score (nSPS) is 22.9. The number of rotatable bonds is 6. The van der Waals surface area contributed by atoms with Gasteiger partial charge in [-0.25, -0.2) is 0 Å². The fraction of sp³-hybridized carbons (Fsp3) is 0.938. The van der Waals surface area contributed by atoms with E-state index in [0.717, 1.165) is 39.0 Å². The topological polar surface area (TPSA) is 52.6 Å². The molecule has 0 aromatic heterocycles. The van der Waals surface area contributed by atoms with Crippen molar-refractivity contribution < 1.29 is 9.90 Å². The van der Waals surface area contributed by atoms with Gasteiger partial charge in [-0.2, -0.15) is 0 Å². The molecular weight excluding hydrogens is 252 g/mol. The summed E-state index contributed by atoms with van der Waals surface area (Å²) in [5, 5.41) is 12.2. The van der Waals surface area contributed by atoms with Crippen LogP contribution in [0.5, 0.6) is 0 Å². The lowest BCUT2D eigenvalue weighted by molar-refractivity contribution is -0.121. The quantitative estimate of drug-likeness (QED) is 0.781. The standard InChI is InChI=1S/C16H30N2O2/c19-13-15-6-9-18(10-7-15)11-8-16(20)17-12-14-4-2-1-3-5-14/h14-15,19H,1-13H2,(H,17,20). The average molecular weight is 282 g/mol. The molecule has 0 radical (unpaired) electrons. The van der Waals surface area contributed by atoms with Crippen LogP contribution in [0.4, 0.5) is 0 Å². The van der Waals surface area contributed by atoms with Crippen molar-refractivity contribution in [1.82, 2.24) is 10.2 Å². The van der Waals surface area contributed by atoms with Crippen LogP contribution in [0.15, 0.2) is 0 Å². The number of carbonyl (C=O) groups excluding carboxylic acids is 1. The zero-order valence-corrected chi connectivity index (χ0v) is 12.6. The van der Waals surface area contributed by atoms with Crippen LogP contribution in [-0.2, 0) is 4.79 Å². The number of nitrogens with zero attached hydrogens (tertiary/aromatic N) is 1. The Morgan fingerprint density at radius 2 is 1.75 bits per heavy atom. The molecule has 0 spiro atoms. The van der Waals surface area contributed by atoms with Crippen molar-refractivity contribution in [1.29, 1.82) is 0 Å². The van der Waals surface area contributed by atoms with Crippen molar-refractivity contribution in [2.45, 2.75) is 51.4 Å². The van der Waals surface area contributed by atoms with Crippen LogP contribution in [0.1, 0.15) is 51.4 Å². The number of piperidine rings is 1. The minimum atomic E-state index is 0.208. The molecule has 2 fully saturated rings. The third-order valence-corrected chi connectivity index (χ3v) is 4.93. The van der Waals surface area contributed by atoms with Gasteiger partial charge in [-0.15, -0.1) is 0 Å². The summed E-state index contributed by atoms with van der Waals surface area (Å²) in [4.78, 5) is 14.2. The van der Waals surface area contributed by atoms with Gasteiger partial charge in [0.2, 0.25) is 5.91 Å². The first-order valence-corrected chi connectivity index (χ1v) is 8.38. The summed E-state index contributed by atoms with van der Waals surface area (Å²) in [6.45, 7) is 4.12. The predicted molar refractivity (Wildman–Crippen MR) is 80.5 cm³/mol. The third kappa shape index (κ3) is 5.41. The van der Waals surface area contributed by atoms with E-state index in [4.69, 9.17) is 5.11 Å². The highest BCUT2D eigenvalue weighted by atomic mass is 16.3. The first-order chi connectivity index (χ1) is 9.78. The largest absolute Gasteiger partial charge is 0.396 e. The molecule has 0 atom stereocenters. The van der Waals surface area contributed by atoms with Gasteiger partial charge in [-0.1, -0.05) is 19.3 Å². The van der Waals surface area contributed by atoms with Gasteiger partial charge in [0.05, 0.1) is 0 Å². The van der Waals surface area contributed by atoms with E-state index in [1.165, 1.54) is 32.1 Å². The van der Waals surface area contributed by atoms with E-state index in [0.29, 0.717) is 24.9 Å². The molecule has 4 nitrogen and oxygen atoms in total. The molecule has 2 aliphatic rings. The van der Waals surface area contributed by atoms with E-state index in [9.17, 15) is 4.79 Å². The Balaban J connectivity index is 1.53. The first kappa shape index (κ1) is 15.8. The smallest absolute Gasteiger partial charge is 0.221 e. The number of amides is 1. The predicted octanol–water partition coefficient (Wildman–Crippen LogP) is 1.78. The summed E-state index contributed by atoms with van der Waals surface area (Å²) in [6, 6.07) is 0. The van der Waals surface area contributed by atoms with Crippen LogP contribution < -0.4 is 5.32 Å². The molecule has 1 saturated carbocycles. The minimum Gasteiger partial charge on any atom is -0.396 e. The second kappa shape index (κ2) is 8.63. The molecule has 2 rings (SSSR count). The maximum absolute atomic E-state index is 11.9. The highest BCUT2D eigenvalue weighted by Crippen LogP contribution is 2.22. The Kier molecular flexibility index (Phi) is 6.80. The van der Waals surface area contributed by atoms with Crippen LogP contribution in [-0.4, -0.2) is 48.7 Å². The van der Waals surface area contributed by atoms with E-state index in [1.807, 2.05) is 0 Å². The molecule has 2 N–H and O–H groups in total. The number of carbonyl (C=O) groups is 1. The van der Waals surface area contributed by atoms with Crippen molar-refractivity contribution in [3.05, 3.63) is 0 Å². The molecule has 1 heterocycles. The number of hydrogen-bond donors (Lipinski definition) is 2. The Hall–Kier alpha value is -0.610. The van der Waals surface area contributed by atoms with Crippen molar-refractivity contribution in [2.75, 3.05) is 32.8 Å². The van der Waals surface area contributed by atoms with Crippen LogP contribution >= 0.6 is 0 Å². The molecule has 4 heteroatoms. The number of nitrogens with one attached hydrogen (secondary N) is 1. The number of aliphatic hydroxyl groups is 1. The van der Waals surface area contributed by atoms with Crippen molar-refractivity contribution >= 4 is 5.91 Å². The molecule has 0 aromatic carbocycles. The second-order valence-electron chi connectivity index (χ2n) is 6.53. The molecule has 1 aliphatic heterocycles. The lowest BCUT2D eigenvalue weighted by atomic mass is 9.89. The molecule has 0 aromatic rings. The molecular formula is C16H30N2O2. The van der Waals surface area contributed by atoms with Crippen LogP contribution in [0.2, 0.25) is 0 Å². The lowest BCUT2D eigenvalue weighted by Crippen LogP contribution is -2.38. The van der Waals surface area contributed by atoms with Gasteiger partial charge in [0, 0.05) is 26.1 Å². The summed E-state index contributed by atoms with van der Waals surface area (Å²) in [5.41, 5.74) is 0. The van der Waals surface area contributed by atoms with E-state index in [2.05, 4.69) is 10.2 Å². The molecule has 0 unspecified atom stereocenters. The van der Waals surface area contributed by atoms with Gasteiger partial charge in [0.15, 0.2) is 0 Å². The molecule has 20 heavy (non-hydrogen) atoms. The molecule has 1 saturated heterocycles. The molecule has 1 amide bonds. The second-order valence-corrected chi connectivity index (χ2v) is 6.53. The molecule has 1 aliphatic carbocycles. The Labute approximate surface area is 122 Å². The van der Waals surface area contributed by atoms with Crippen molar-refractivity contribution in [2.24, 2.45) is 11.8 Å². The number of likely N-dealkylation sites (tertiary alicyclic amines) is 1. The lowest BCUT2D eigenvalue weighted by Gasteiger charge is -2.30. The highest BCUT2D eigenvalue weighted by molar-refractivity contribution is 5.76. The average Bonchev–Trinajstić information content (AvgIpc) is 2.52. The summed E-state index contributed by atoms with van der Waals surface area (Å²) in [5.74, 6) is 1.40. The van der Waals surface area contributed by atoms with Gasteiger partial charge in [-0.3, -0.25) is 4.79 Å². The van der Waals surface area contributed by atoms with Gasteiger partial charge in [0.1, 0.15) is 0 Å². The molecule has 116 valence electrons. The van der Waals surface area contributed by atoms with Crippen LogP contribution in [0.25, 0.3) is 0 Å². The Morgan fingerprint density at radius 1 is 1.05 bits per heavy atom.